The van der Waals surface area contributed by atoms with Crippen LogP contribution < -0.4 is 10.0 Å². The quantitative estimate of drug-likeness (QED) is 0.424. The zero-order valence-electron chi connectivity index (χ0n) is 16.1. The third-order valence-corrected chi connectivity index (χ3v) is 6.20. The lowest BCUT2D eigenvalue weighted by Crippen LogP contribution is -2.25. The molecule has 4 rings (SSSR count). The topological polar surface area (TPSA) is 91.1 Å². The molecule has 0 atom stereocenters. The van der Waals surface area contributed by atoms with Crippen LogP contribution in [0.3, 0.4) is 0 Å². The normalized spacial score (nSPS) is 11.3. The number of fused-ring (bicyclic) bond motifs is 1. The third-order valence-electron chi connectivity index (χ3n) is 4.81. The van der Waals surface area contributed by atoms with Crippen LogP contribution in [0, 0.1) is 0 Å². The van der Waals surface area contributed by atoms with Gasteiger partial charge in [-0.1, -0.05) is 36.4 Å². The summed E-state index contributed by atoms with van der Waals surface area (Å²) in [6.07, 6.45) is 2.65. The fraction of sp³-hybridized carbons (Fsp3) is 0.0870. The second kappa shape index (κ2) is 8.42. The van der Waals surface area contributed by atoms with Crippen LogP contribution in [-0.4, -0.2) is 25.9 Å². The minimum absolute atomic E-state index is 0.0988. The lowest BCUT2D eigenvalue weighted by molar-refractivity contribution is 0.0954. The fourth-order valence-electron chi connectivity index (χ4n) is 3.26. The Morgan fingerprint density at radius 3 is 2.33 bits per heavy atom. The molecule has 4 aromatic rings. The number of para-hydroxylation sites is 2. The van der Waals surface area contributed by atoms with Crippen LogP contribution in [-0.2, 0) is 16.4 Å². The standard InChI is InChI=1S/C23H21N3O3S/c27-23(24-15-14-18-16-25-22-9-5-4-8-21(18)22)17-10-12-20(13-11-17)30(28,29)26-19-6-2-1-3-7-19/h1-13,16,25-26H,14-15H2,(H,24,27). The lowest BCUT2D eigenvalue weighted by Gasteiger charge is -2.09. The zero-order valence-corrected chi connectivity index (χ0v) is 16.9. The first-order chi connectivity index (χ1) is 14.5. The van der Waals surface area contributed by atoms with E-state index in [1.54, 1.807) is 24.3 Å². The first kappa shape index (κ1) is 19.7. The maximum atomic E-state index is 12.5. The summed E-state index contributed by atoms with van der Waals surface area (Å²) in [5.41, 5.74) is 3.10. The summed E-state index contributed by atoms with van der Waals surface area (Å²) >= 11 is 0. The Kier molecular flexibility index (Phi) is 5.54. The van der Waals surface area contributed by atoms with Gasteiger partial charge >= 0.3 is 0 Å². The van der Waals surface area contributed by atoms with Crippen molar-refractivity contribution < 1.29 is 13.2 Å². The van der Waals surface area contributed by atoms with E-state index in [9.17, 15) is 13.2 Å². The Morgan fingerprint density at radius 1 is 0.867 bits per heavy atom. The van der Waals surface area contributed by atoms with Gasteiger partial charge in [0.25, 0.3) is 15.9 Å². The number of carbonyl (C=O) groups is 1. The summed E-state index contributed by atoms with van der Waals surface area (Å²) in [5, 5.41) is 4.03. The summed E-state index contributed by atoms with van der Waals surface area (Å²) in [5.74, 6) is -0.241. The van der Waals surface area contributed by atoms with Crippen LogP contribution in [0.4, 0.5) is 5.69 Å². The van der Waals surface area contributed by atoms with Crippen molar-refractivity contribution in [2.45, 2.75) is 11.3 Å². The highest BCUT2D eigenvalue weighted by Gasteiger charge is 2.15. The number of sulfonamides is 1. The number of hydrogen-bond donors (Lipinski definition) is 3. The molecule has 0 unspecified atom stereocenters. The molecule has 1 aromatic heterocycles. The van der Waals surface area contributed by atoms with Gasteiger partial charge in [0.1, 0.15) is 0 Å². The monoisotopic (exact) mass is 419 g/mol. The SMILES string of the molecule is O=C(NCCc1c[nH]c2ccccc12)c1ccc(S(=O)(=O)Nc2ccccc2)cc1. The number of benzene rings is 3. The molecule has 0 aliphatic rings. The molecule has 0 bridgehead atoms. The van der Waals surface area contributed by atoms with Crippen molar-refractivity contribution in [2.75, 3.05) is 11.3 Å². The van der Waals surface area contributed by atoms with Crippen molar-refractivity contribution in [1.82, 2.24) is 10.3 Å². The molecule has 0 radical (unpaired) electrons. The Morgan fingerprint density at radius 2 is 1.57 bits per heavy atom. The highest BCUT2D eigenvalue weighted by Crippen LogP contribution is 2.18. The summed E-state index contributed by atoms with van der Waals surface area (Å²) < 4.78 is 27.5. The Labute approximate surface area is 175 Å². The van der Waals surface area contributed by atoms with Gasteiger partial charge in [-0.05, 0) is 54.4 Å². The minimum Gasteiger partial charge on any atom is -0.361 e. The molecule has 0 saturated carbocycles. The van der Waals surface area contributed by atoms with Crippen molar-refractivity contribution in [2.24, 2.45) is 0 Å². The maximum absolute atomic E-state index is 12.5. The average molecular weight is 420 g/mol. The van der Waals surface area contributed by atoms with E-state index >= 15 is 0 Å². The first-order valence-electron chi connectivity index (χ1n) is 9.54. The molecule has 0 fully saturated rings. The molecule has 1 heterocycles. The van der Waals surface area contributed by atoms with Gasteiger partial charge in [-0.2, -0.15) is 0 Å². The molecule has 0 aliphatic carbocycles. The van der Waals surface area contributed by atoms with Gasteiger partial charge in [-0.3, -0.25) is 9.52 Å². The number of aromatic amines is 1. The van der Waals surface area contributed by atoms with E-state index in [4.69, 9.17) is 0 Å². The summed E-state index contributed by atoms with van der Waals surface area (Å²) in [7, 11) is -3.71. The number of amides is 1. The third kappa shape index (κ3) is 4.36. The van der Waals surface area contributed by atoms with Gasteiger partial charge < -0.3 is 10.3 Å². The number of H-pyrrole nitrogens is 1. The largest absolute Gasteiger partial charge is 0.361 e. The molecular formula is C23H21N3O3S. The van der Waals surface area contributed by atoms with Crippen molar-refractivity contribution in [1.29, 1.82) is 0 Å². The molecule has 0 spiro atoms. The molecule has 3 N–H and O–H groups in total. The van der Waals surface area contributed by atoms with Gasteiger partial charge in [-0.15, -0.1) is 0 Å². The fourth-order valence-corrected chi connectivity index (χ4v) is 4.32. The summed E-state index contributed by atoms with van der Waals surface area (Å²) in [6.45, 7) is 0.482. The van der Waals surface area contributed by atoms with E-state index in [-0.39, 0.29) is 10.8 Å². The van der Waals surface area contributed by atoms with Crippen LogP contribution in [0.1, 0.15) is 15.9 Å². The lowest BCUT2D eigenvalue weighted by atomic mass is 10.1. The van der Waals surface area contributed by atoms with Gasteiger partial charge in [0.2, 0.25) is 0 Å². The number of rotatable bonds is 7. The predicted octanol–water partition coefficient (Wildman–Crippen LogP) is 3.94. The second-order valence-electron chi connectivity index (χ2n) is 6.86. The summed E-state index contributed by atoms with van der Waals surface area (Å²) in [4.78, 5) is 15.7. The van der Waals surface area contributed by atoms with Gasteiger partial charge in [0.15, 0.2) is 0 Å². The maximum Gasteiger partial charge on any atom is 0.261 e. The van der Waals surface area contributed by atoms with E-state index < -0.39 is 10.0 Å². The number of carbonyl (C=O) groups excluding carboxylic acids is 1. The van der Waals surface area contributed by atoms with Crippen molar-refractivity contribution in [3.8, 4) is 0 Å². The number of nitrogens with one attached hydrogen (secondary N) is 3. The molecule has 7 heteroatoms. The molecule has 152 valence electrons. The van der Waals surface area contributed by atoms with Gasteiger partial charge in [0, 0.05) is 34.9 Å². The highest BCUT2D eigenvalue weighted by atomic mass is 32.2. The molecule has 6 nitrogen and oxygen atoms in total. The van der Waals surface area contributed by atoms with Crippen LogP contribution in [0.5, 0.6) is 0 Å². The average Bonchev–Trinajstić information content (AvgIpc) is 3.17. The highest BCUT2D eigenvalue weighted by molar-refractivity contribution is 7.92. The minimum atomic E-state index is -3.71. The Bertz CT molecular complexity index is 1260. The molecule has 0 saturated heterocycles. The van der Waals surface area contributed by atoms with Crippen LogP contribution in [0.15, 0.2) is 90.0 Å². The van der Waals surface area contributed by atoms with Crippen LogP contribution in [0.25, 0.3) is 10.9 Å². The van der Waals surface area contributed by atoms with E-state index in [1.165, 1.54) is 24.3 Å². The van der Waals surface area contributed by atoms with E-state index in [0.717, 1.165) is 16.5 Å². The molecular weight excluding hydrogens is 398 g/mol. The van der Waals surface area contributed by atoms with E-state index in [1.807, 2.05) is 36.5 Å². The smallest absolute Gasteiger partial charge is 0.261 e. The van der Waals surface area contributed by atoms with Crippen molar-refractivity contribution in [3.63, 3.8) is 0 Å². The number of hydrogen-bond acceptors (Lipinski definition) is 3. The van der Waals surface area contributed by atoms with Crippen molar-refractivity contribution >= 4 is 32.5 Å². The van der Waals surface area contributed by atoms with Gasteiger partial charge in [0.05, 0.1) is 4.90 Å². The van der Waals surface area contributed by atoms with Crippen LogP contribution >= 0.6 is 0 Å². The van der Waals surface area contributed by atoms with Crippen LogP contribution in [0.2, 0.25) is 0 Å². The van der Waals surface area contributed by atoms with Gasteiger partial charge in [-0.25, -0.2) is 8.42 Å². The molecule has 1 amide bonds. The number of aromatic nitrogens is 1. The second-order valence-corrected chi connectivity index (χ2v) is 8.54. The first-order valence-corrected chi connectivity index (χ1v) is 11.0. The number of anilines is 1. The Hall–Kier alpha value is -3.58. The molecule has 3 aromatic carbocycles. The molecule has 30 heavy (non-hydrogen) atoms. The van der Waals surface area contributed by atoms with Crippen molar-refractivity contribution in [3.05, 3.63) is 96.2 Å². The summed E-state index contributed by atoms with van der Waals surface area (Å²) in [6, 6.07) is 22.6. The zero-order chi connectivity index (χ0) is 21.0. The molecule has 0 aliphatic heterocycles. The Balaban J connectivity index is 1.37. The van der Waals surface area contributed by atoms with E-state index in [0.29, 0.717) is 24.2 Å². The predicted molar refractivity (Wildman–Crippen MR) is 118 cm³/mol. The van der Waals surface area contributed by atoms with E-state index in [2.05, 4.69) is 15.0 Å².